The second-order valence-corrected chi connectivity index (χ2v) is 6.00. The lowest BCUT2D eigenvalue weighted by Crippen LogP contribution is -2.36. The summed E-state index contributed by atoms with van der Waals surface area (Å²) in [5.74, 6) is -0.117. The summed E-state index contributed by atoms with van der Waals surface area (Å²) in [6, 6.07) is 6.52. The van der Waals surface area contributed by atoms with Crippen molar-refractivity contribution in [1.82, 2.24) is 10.2 Å². The van der Waals surface area contributed by atoms with Crippen molar-refractivity contribution in [2.24, 2.45) is 0 Å². The minimum Gasteiger partial charge on any atom is -0.324 e. The Bertz CT molecular complexity index is 455. The number of rotatable bonds is 5. The lowest BCUT2D eigenvalue weighted by Gasteiger charge is -2.24. The number of benzene rings is 1. The predicted molar refractivity (Wildman–Crippen MR) is 76.5 cm³/mol. The summed E-state index contributed by atoms with van der Waals surface area (Å²) in [7, 11) is 0. The molecule has 0 aliphatic carbocycles. The summed E-state index contributed by atoms with van der Waals surface area (Å²) in [4.78, 5) is 14.0. The number of hydrogen-bond donors (Lipinski definition) is 1. The van der Waals surface area contributed by atoms with Crippen molar-refractivity contribution in [2.75, 3.05) is 19.6 Å². The predicted octanol–water partition coefficient (Wildman–Crippen LogP) is 2.40. The molecular formula is C14H19FN2OS. The lowest BCUT2D eigenvalue weighted by atomic mass is 10.2. The summed E-state index contributed by atoms with van der Waals surface area (Å²) in [5.41, 5.74) is 0.860. The highest BCUT2D eigenvalue weighted by molar-refractivity contribution is 8.01. The molecule has 3 nitrogen and oxygen atoms in total. The van der Waals surface area contributed by atoms with Crippen LogP contribution in [0.15, 0.2) is 24.3 Å². The van der Waals surface area contributed by atoms with Crippen LogP contribution in [0.25, 0.3) is 0 Å². The van der Waals surface area contributed by atoms with Gasteiger partial charge in [-0.15, -0.1) is 11.8 Å². The van der Waals surface area contributed by atoms with Crippen LogP contribution in [0, 0.1) is 5.82 Å². The van der Waals surface area contributed by atoms with Crippen LogP contribution in [0.5, 0.6) is 0 Å². The molecule has 5 heteroatoms. The van der Waals surface area contributed by atoms with Crippen LogP contribution in [-0.4, -0.2) is 35.7 Å². The van der Waals surface area contributed by atoms with E-state index in [1.807, 2.05) is 24.8 Å². The molecule has 1 aromatic carbocycles. The van der Waals surface area contributed by atoms with Crippen molar-refractivity contribution in [3.8, 4) is 0 Å². The van der Waals surface area contributed by atoms with E-state index in [4.69, 9.17) is 0 Å². The van der Waals surface area contributed by atoms with Crippen molar-refractivity contribution in [3.63, 3.8) is 0 Å². The summed E-state index contributed by atoms with van der Waals surface area (Å²) < 4.78 is 13.3. The first kappa shape index (κ1) is 14.3. The third-order valence-electron chi connectivity index (χ3n) is 3.16. The highest BCUT2D eigenvalue weighted by Crippen LogP contribution is 2.42. The van der Waals surface area contributed by atoms with E-state index in [0.29, 0.717) is 6.54 Å². The van der Waals surface area contributed by atoms with Gasteiger partial charge < -0.3 is 10.2 Å². The molecule has 2 rings (SSSR count). The van der Waals surface area contributed by atoms with Crippen molar-refractivity contribution in [1.29, 1.82) is 0 Å². The van der Waals surface area contributed by atoms with Crippen molar-refractivity contribution in [2.45, 2.75) is 24.5 Å². The molecular weight excluding hydrogens is 263 g/mol. The molecule has 0 aromatic heterocycles. The molecule has 0 bridgehead atoms. The minimum absolute atomic E-state index is 0.0603. The molecule has 1 heterocycles. The standard InChI is InChI=1S/C14H19FN2OS/c1-3-16-7-8-17-13(18)10(2)19-14(17)11-5-4-6-12(15)9-11/h4-6,9-10,14,16H,3,7-8H2,1-2H3. The summed E-state index contributed by atoms with van der Waals surface area (Å²) in [6.45, 7) is 6.25. The summed E-state index contributed by atoms with van der Waals surface area (Å²) in [6.07, 6.45) is 0. The van der Waals surface area contributed by atoms with Gasteiger partial charge in [-0.3, -0.25) is 4.79 Å². The van der Waals surface area contributed by atoms with Crippen LogP contribution < -0.4 is 5.32 Å². The van der Waals surface area contributed by atoms with Gasteiger partial charge in [-0.05, 0) is 31.2 Å². The molecule has 1 N–H and O–H groups in total. The SMILES string of the molecule is CCNCCN1C(=O)C(C)SC1c1cccc(F)c1. The van der Waals surface area contributed by atoms with E-state index in [1.54, 1.807) is 17.8 Å². The zero-order chi connectivity index (χ0) is 13.8. The fourth-order valence-corrected chi connectivity index (χ4v) is 3.50. The lowest BCUT2D eigenvalue weighted by molar-refractivity contribution is -0.129. The third kappa shape index (κ3) is 3.28. The molecule has 2 unspecified atom stereocenters. The van der Waals surface area contributed by atoms with Crippen molar-refractivity contribution >= 4 is 17.7 Å². The number of amides is 1. The number of nitrogens with one attached hydrogen (secondary N) is 1. The Hall–Kier alpha value is -1.07. The van der Waals surface area contributed by atoms with E-state index in [1.165, 1.54) is 12.1 Å². The maximum absolute atomic E-state index is 13.3. The first-order valence-electron chi connectivity index (χ1n) is 6.55. The van der Waals surface area contributed by atoms with Crippen LogP contribution in [0.1, 0.15) is 24.8 Å². The largest absolute Gasteiger partial charge is 0.324 e. The second-order valence-electron chi connectivity index (χ2n) is 4.57. The van der Waals surface area contributed by atoms with Gasteiger partial charge in [0, 0.05) is 13.1 Å². The maximum Gasteiger partial charge on any atom is 0.236 e. The first-order valence-corrected chi connectivity index (χ1v) is 7.50. The highest BCUT2D eigenvalue weighted by Gasteiger charge is 2.37. The van der Waals surface area contributed by atoms with Crippen LogP contribution in [0.2, 0.25) is 0 Å². The minimum atomic E-state index is -0.253. The molecule has 1 saturated heterocycles. The van der Waals surface area contributed by atoms with Crippen LogP contribution in [0.4, 0.5) is 4.39 Å². The Kier molecular flexibility index (Phi) is 4.82. The number of carbonyl (C=O) groups is 1. The van der Waals surface area contributed by atoms with Gasteiger partial charge in [0.05, 0.1) is 5.25 Å². The van der Waals surface area contributed by atoms with Gasteiger partial charge in [0.2, 0.25) is 5.91 Å². The van der Waals surface area contributed by atoms with Gasteiger partial charge in [-0.2, -0.15) is 0 Å². The Morgan fingerprint density at radius 3 is 2.95 bits per heavy atom. The smallest absolute Gasteiger partial charge is 0.236 e. The maximum atomic E-state index is 13.3. The number of carbonyl (C=O) groups excluding carboxylic acids is 1. The van der Waals surface area contributed by atoms with Crippen LogP contribution in [0.3, 0.4) is 0 Å². The van der Waals surface area contributed by atoms with E-state index in [9.17, 15) is 9.18 Å². The normalized spacial score (nSPS) is 23.1. The zero-order valence-electron chi connectivity index (χ0n) is 11.2. The molecule has 0 spiro atoms. The van der Waals surface area contributed by atoms with Crippen molar-refractivity contribution < 1.29 is 9.18 Å². The number of likely N-dealkylation sites (N-methyl/N-ethyl adjacent to an activating group) is 1. The number of nitrogens with zero attached hydrogens (tertiary/aromatic N) is 1. The topological polar surface area (TPSA) is 32.3 Å². The highest BCUT2D eigenvalue weighted by atomic mass is 32.2. The number of hydrogen-bond acceptors (Lipinski definition) is 3. The second kappa shape index (κ2) is 6.39. The zero-order valence-corrected chi connectivity index (χ0v) is 12.0. The average Bonchev–Trinajstić information content (AvgIpc) is 2.67. The van der Waals surface area contributed by atoms with E-state index in [0.717, 1.165) is 18.7 Å². The Morgan fingerprint density at radius 1 is 1.47 bits per heavy atom. The number of halogens is 1. The fraction of sp³-hybridized carbons (Fsp3) is 0.500. The molecule has 1 fully saturated rings. The van der Waals surface area contributed by atoms with Gasteiger partial charge >= 0.3 is 0 Å². The molecule has 0 saturated carbocycles. The first-order chi connectivity index (χ1) is 9.13. The molecule has 2 atom stereocenters. The Balaban J connectivity index is 2.15. The van der Waals surface area contributed by atoms with E-state index >= 15 is 0 Å². The quantitative estimate of drug-likeness (QED) is 0.842. The Morgan fingerprint density at radius 2 is 2.26 bits per heavy atom. The molecule has 0 radical (unpaired) electrons. The van der Waals surface area contributed by atoms with Gasteiger partial charge in [0.15, 0.2) is 0 Å². The number of thioether (sulfide) groups is 1. The molecule has 1 aliphatic heterocycles. The van der Waals surface area contributed by atoms with E-state index in [2.05, 4.69) is 5.32 Å². The molecule has 1 aliphatic rings. The van der Waals surface area contributed by atoms with Gasteiger partial charge in [0.25, 0.3) is 0 Å². The Labute approximate surface area is 117 Å². The fourth-order valence-electron chi connectivity index (χ4n) is 2.20. The van der Waals surface area contributed by atoms with E-state index < -0.39 is 0 Å². The van der Waals surface area contributed by atoms with Gasteiger partial charge in [-0.25, -0.2) is 4.39 Å². The van der Waals surface area contributed by atoms with Crippen LogP contribution >= 0.6 is 11.8 Å². The van der Waals surface area contributed by atoms with Gasteiger partial charge in [-0.1, -0.05) is 19.1 Å². The molecule has 19 heavy (non-hydrogen) atoms. The molecule has 104 valence electrons. The molecule has 1 amide bonds. The van der Waals surface area contributed by atoms with E-state index in [-0.39, 0.29) is 22.3 Å². The van der Waals surface area contributed by atoms with Gasteiger partial charge in [0.1, 0.15) is 11.2 Å². The molecule has 1 aromatic rings. The van der Waals surface area contributed by atoms with Crippen molar-refractivity contribution in [3.05, 3.63) is 35.6 Å². The van der Waals surface area contributed by atoms with Crippen LogP contribution in [-0.2, 0) is 4.79 Å². The summed E-state index contributed by atoms with van der Waals surface area (Å²) >= 11 is 1.58. The average molecular weight is 282 g/mol. The monoisotopic (exact) mass is 282 g/mol. The third-order valence-corrected chi connectivity index (χ3v) is 4.55. The summed E-state index contributed by atoms with van der Waals surface area (Å²) in [5, 5.41) is 3.08.